The van der Waals surface area contributed by atoms with Gasteiger partial charge in [0.05, 0.1) is 11.8 Å². The molecule has 0 atom stereocenters. The van der Waals surface area contributed by atoms with Gasteiger partial charge in [0.2, 0.25) is 4.73 Å². The second-order valence-electron chi connectivity index (χ2n) is 5.46. The van der Waals surface area contributed by atoms with Crippen LogP contribution in [-0.2, 0) is 7.05 Å². The van der Waals surface area contributed by atoms with E-state index >= 15 is 0 Å². The monoisotopic (exact) mass is 453 g/mol. The molecule has 0 aromatic carbocycles. The third kappa shape index (κ3) is 3.32. The summed E-state index contributed by atoms with van der Waals surface area (Å²) >= 11 is 4.22. The number of hydrogen-bond donors (Lipinski definition) is 1. The summed E-state index contributed by atoms with van der Waals surface area (Å²) < 4.78 is 29.0. The highest BCUT2D eigenvalue weighted by Crippen LogP contribution is 2.30. The molecular weight excluding hydrogens is 444 g/mol. The molecule has 0 aliphatic carbocycles. The second-order valence-corrected chi connectivity index (χ2v) is 7.03. The molecule has 4 aromatic rings. The van der Waals surface area contributed by atoms with Crippen LogP contribution in [0, 0.1) is 0 Å². The first-order chi connectivity index (χ1) is 12.9. The molecule has 8 nitrogen and oxygen atoms in total. The van der Waals surface area contributed by atoms with Crippen LogP contribution in [0.25, 0.3) is 16.2 Å². The van der Waals surface area contributed by atoms with Gasteiger partial charge >= 0.3 is 0 Å². The zero-order valence-corrected chi connectivity index (χ0v) is 16.0. The first kappa shape index (κ1) is 17.7. The summed E-state index contributed by atoms with van der Waals surface area (Å²) in [4.78, 5) is 20.8. The first-order valence-corrected chi connectivity index (χ1v) is 9.19. The van der Waals surface area contributed by atoms with Crippen LogP contribution in [0.15, 0.2) is 34.6 Å². The van der Waals surface area contributed by atoms with Crippen molar-refractivity contribution >= 4 is 44.5 Å². The predicted molar refractivity (Wildman–Crippen MR) is 97.9 cm³/mol. The zero-order chi connectivity index (χ0) is 19.1. The maximum atomic E-state index is 12.8. The standard InChI is InChI=1S/C15H10BrF2N7OS/c1-24-11(8(5-19-24)14-21-9(6-27-14)12(17)18)13(26)20-7-2-3-25-10(4-7)22-15(16)23-25/h2-6,12H,1H3,(H,20,26). The lowest BCUT2D eigenvalue weighted by Gasteiger charge is -2.07. The summed E-state index contributed by atoms with van der Waals surface area (Å²) in [5.74, 6) is -0.443. The molecule has 1 N–H and O–H groups in total. The molecule has 0 saturated carbocycles. The minimum absolute atomic E-state index is 0.215. The van der Waals surface area contributed by atoms with Crippen LogP contribution in [0.1, 0.15) is 22.6 Å². The fourth-order valence-electron chi connectivity index (χ4n) is 2.50. The van der Waals surface area contributed by atoms with E-state index in [0.29, 0.717) is 26.6 Å². The van der Waals surface area contributed by atoms with Gasteiger partial charge in [-0.15, -0.1) is 16.4 Å². The highest BCUT2D eigenvalue weighted by atomic mass is 79.9. The van der Waals surface area contributed by atoms with Crippen LogP contribution in [-0.4, -0.2) is 35.3 Å². The number of fused-ring (bicyclic) bond motifs is 1. The van der Waals surface area contributed by atoms with Crippen molar-refractivity contribution in [3.05, 3.63) is 46.0 Å². The maximum Gasteiger partial charge on any atom is 0.281 e. The normalized spacial score (nSPS) is 11.4. The number of amides is 1. The summed E-state index contributed by atoms with van der Waals surface area (Å²) in [7, 11) is 1.60. The number of carbonyl (C=O) groups is 1. The molecule has 0 bridgehead atoms. The molecule has 4 aromatic heterocycles. The highest BCUT2D eigenvalue weighted by molar-refractivity contribution is 9.10. The van der Waals surface area contributed by atoms with Crippen molar-refractivity contribution < 1.29 is 13.6 Å². The summed E-state index contributed by atoms with van der Waals surface area (Å²) in [6.45, 7) is 0. The molecule has 0 fully saturated rings. The first-order valence-electron chi connectivity index (χ1n) is 7.51. The Morgan fingerprint density at radius 2 is 2.19 bits per heavy atom. The fraction of sp³-hybridized carbons (Fsp3) is 0.133. The fourth-order valence-corrected chi connectivity index (χ4v) is 3.67. The van der Waals surface area contributed by atoms with Gasteiger partial charge in [0.15, 0.2) is 5.65 Å². The molecule has 27 heavy (non-hydrogen) atoms. The van der Waals surface area contributed by atoms with Crippen LogP contribution < -0.4 is 5.32 Å². The Hall–Kier alpha value is -2.73. The number of nitrogens with zero attached hydrogens (tertiary/aromatic N) is 6. The summed E-state index contributed by atoms with van der Waals surface area (Å²) in [5, 5.41) is 12.5. The topological polar surface area (TPSA) is 90.0 Å². The van der Waals surface area contributed by atoms with Gasteiger partial charge in [0, 0.05) is 30.4 Å². The number of aryl methyl sites for hydroxylation is 1. The number of pyridine rings is 1. The van der Waals surface area contributed by atoms with Crippen LogP contribution in [0.4, 0.5) is 14.5 Å². The maximum absolute atomic E-state index is 12.8. The van der Waals surface area contributed by atoms with E-state index in [0.717, 1.165) is 11.3 Å². The minimum Gasteiger partial charge on any atom is -0.320 e. The van der Waals surface area contributed by atoms with Gasteiger partial charge in [-0.25, -0.2) is 23.3 Å². The van der Waals surface area contributed by atoms with Gasteiger partial charge in [-0.2, -0.15) is 5.10 Å². The second kappa shape index (κ2) is 6.78. The van der Waals surface area contributed by atoms with Gasteiger partial charge < -0.3 is 5.32 Å². The number of rotatable bonds is 4. The Balaban J connectivity index is 1.65. The highest BCUT2D eigenvalue weighted by Gasteiger charge is 2.22. The van der Waals surface area contributed by atoms with Crippen LogP contribution in [0.2, 0.25) is 0 Å². The molecule has 4 heterocycles. The lowest BCUT2D eigenvalue weighted by atomic mass is 10.2. The molecule has 0 spiro atoms. The molecule has 0 saturated heterocycles. The largest absolute Gasteiger partial charge is 0.320 e. The average molecular weight is 454 g/mol. The Kier molecular flexibility index (Phi) is 4.44. The van der Waals surface area contributed by atoms with Gasteiger partial charge in [0.25, 0.3) is 12.3 Å². The van der Waals surface area contributed by atoms with E-state index in [-0.39, 0.29) is 11.4 Å². The number of aromatic nitrogens is 6. The van der Waals surface area contributed by atoms with Gasteiger partial charge in [-0.05, 0) is 22.0 Å². The predicted octanol–water partition coefficient (Wildman–Crippen LogP) is 3.54. The minimum atomic E-state index is -2.67. The van der Waals surface area contributed by atoms with Crippen molar-refractivity contribution in [2.45, 2.75) is 6.43 Å². The van der Waals surface area contributed by atoms with E-state index in [4.69, 9.17) is 0 Å². The lowest BCUT2D eigenvalue weighted by molar-refractivity contribution is 0.101. The third-order valence-corrected chi connectivity index (χ3v) is 4.93. The number of halogens is 3. The molecule has 0 aliphatic heterocycles. The molecule has 12 heteroatoms. The summed E-state index contributed by atoms with van der Waals surface area (Å²) in [6, 6.07) is 3.32. The zero-order valence-electron chi connectivity index (χ0n) is 13.6. The molecular formula is C15H10BrF2N7OS. The summed E-state index contributed by atoms with van der Waals surface area (Å²) in [6.07, 6.45) is 0.419. The number of thiazole rings is 1. The Labute approximate surface area is 163 Å². The van der Waals surface area contributed by atoms with E-state index in [2.05, 4.69) is 41.4 Å². The van der Waals surface area contributed by atoms with Crippen molar-refractivity contribution in [2.75, 3.05) is 5.32 Å². The van der Waals surface area contributed by atoms with Crippen molar-refractivity contribution in [2.24, 2.45) is 7.05 Å². The van der Waals surface area contributed by atoms with Gasteiger partial charge in [-0.3, -0.25) is 9.48 Å². The number of carbonyl (C=O) groups excluding carboxylic acids is 1. The van der Waals surface area contributed by atoms with E-state index < -0.39 is 12.3 Å². The lowest BCUT2D eigenvalue weighted by Crippen LogP contribution is -2.17. The van der Waals surface area contributed by atoms with Crippen molar-refractivity contribution in [1.82, 2.24) is 29.4 Å². The molecule has 4 rings (SSSR count). The number of hydrogen-bond acceptors (Lipinski definition) is 6. The van der Waals surface area contributed by atoms with Gasteiger partial charge in [0.1, 0.15) is 16.4 Å². The molecule has 0 radical (unpaired) electrons. The number of anilines is 1. The van der Waals surface area contributed by atoms with Crippen LogP contribution >= 0.6 is 27.3 Å². The van der Waals surface area contributed by atoms with E-state index in [9.17, 15) is 13.6 Å². The number of nitrogens with one attached hydrogen (secondary N) is 1. The van der Waals surface area contributed by atoms with Crippen molar-refractivity contribution in [3.63, 3.8) is 0 Å². The smallest absolute Gasteiger partial charge is 0.281 e. The van der Waals surface area contributed by atoms with E-state index in [1.54, 1.807) is 29.9 Å². The average Bonchev–Trinajstić information content (AvgIpc) is 3.31. The molecule has 1 amide bonds. The SMILES string of the molecule is Cn1ncc(-c2nc(C(F)F)cs2)c1C(=O)Nc1ccn2nc(Br)nc2c1. The van der Waals surface area contributed by atoms with Crippen molar-refractivity contribution in [1.29, 1.82) is 0 Å². The molecule has 0 unspecified atom stereocenters. The summed E-state index contributed by atoms with van der Waals surface area (Å²) in [5.41, 5.74) is 1.33. The quantitative estimate of drug-likeness (QED) is 0.510. The van der Waals surface area contributed by atoms with E-state index in [1.165, 1.54) is 16.3 Å². The molecule has 138 valence electrons. The molecule has 0 aliphatic rings. The Morgan fingerprint density at radius 3 is 2.93 bits per heavy atom. The van der Waals surface area contributed by atoms with E-state index in [1.807, 2.05) is 0 Å². The Bertz CT molecular complexity index is 1150. The number of alkyl halides is 2. The van der Waals surface area contributed by atoms with Crippen LogP contribution in [0.3, 0.4) is 0 Å². The van der Waals surface area contributed by atoms with Crippen molar-refractivity contribution in [3.8, 4) is 10.6 Å². The van der Waals surface area contributed by atoms with Gasteiger partial charge in [-0.1, -0.05) is 0 Å². The Morgan fingerprint density at radius 1 is 1.37 bits per heavy atom. The van der Waals surface area contributed by atoms with Crippen LogP contribution in [0.5, 0.6) is 0 Å². The third-order valence-electron chi connectivity index (χ3n) is 3.70.